The standard InChI is InChI=1S/C11H17NO3S/c1-8-5-6-9(7-10(8)13)12-16(14,15)11(2,3)4/h5-7,12-13H,1-4H3. The van der Waals surface area contributed by atoms with E-state index in [0.717, 1.165) is 0 Å². The lowest BCUT2D eigenvalue weighted by molar-refractivity contribution is 0.471. The van der Waals surface area contributed by atoms with Crippen LogP contribution in [0.25, 0.3) is 0 Å². The molecule has 4 nitrogen and oxygen atoms in total. The lowest BCUT2D eigenvalue weighted by Gasteiger charge is -2.20. The number of phenolic OH excluding ortho intramolecular Hbond substituents is 1. The van der Waals surface area contributed by atoms with Crippen LogP contribution < -0.4 is 4.72 Å². The maximum Gasteiger partial charge on any atom is 0.237 e. The number of aromatic hydroxyl groups is 1. The molecule has 0 aromatic heterocycles. The fourth-order valence-electron chi connectivity index (χ4n) is 0.981. The third-order valence-corrected chi connectivity index (χ3v) is 4.38. The maximum atomic E-state index is 11.8. The number of nitrogens with one attached hydrogen (secondary N) is 1. The molecule has 0 aliphatic rings. The molecule has 5 heteroatoms. The van der Waals surface area contributed by atoms with Crippen LogP contribution in [0.4, 0.5) is 5.69 Å². The Hall–Kier alpha value is -1.23. The molecule has 0 heterocycles. The highest BCUT2D eigenvalue weighted by molar-refractivity contribution is 7.94. The van der Waals surface area contributed by atoms with Gasteiger partial charge in [0.05, 0.1) is 10.4 Å². The van der Waals surface area contributed by atoms with Gasteiger partial charge in [-0.1, -0.05) is 6.07 Å². The van der Waals surface area contributed by atoms with E-state index in [1.165, 1.54) is 6.07 Å². The normalized spacial score (nSPS) is 12.5. The topological polar surface area (TPSA) is 66.4 Å². The summed E-state index contributed by atoms with van der Waals surface area (Å²) in [7, 11) is -3.44. The summed E-state index contributed by atoms with van der Waals surface area (Å²) in [5.41, 5.74) is 1.08. The highest BCUT2D eigenvalue weighted by Gasteiger charge is 2.28. The van der Waals surface area contributed by atoms with Gasteiger partial charge in [0, 0.05) is 6.07 Å². The zero-order chi connectivity index (χ0) is 12.6. The zero-order valence-electron chi connectivity index (χ0n) is 9.90. The van der Waals surface area contributed by atoms with Gasteiger partial charge < -0.3 is 5.11 Å². The number of rotatable bonds is 2. The molecule has 0 saturated carbocycles. The second kappa shape index (κ2) is 3.97. The van der Waals surface area contributed by atoms with E-state index in [0.29, 0.717) is 11.3 Å². The van der Waals surface area contributed by atoms with Crippen molar-refractivity contribution in [2.24, 2.45) is 0 Å². The lowest BCUT2D eigenvalue weighted by atomic mass is 10.2. The van der Waals surface area contributed by atoms with E-state index >= 15 is 0 Å². The van der Waals surface area contributed by atoms with E-state index in [-0.39, 0.29) is 5.75 Å². The van der Waals surface area contributed by atoms with E-state index in [9.17, 15) is 13.5 Å². The third-order valence-electron chi connectivity index (χ3n) is 2.27. The van der Waals surface area contributed by atoms with Crippen LogP contribution in [0.15, 0.2) is 18.2 Å². The molecule has 1 rings (SSSR count). The van der Waals surface area contributed by atoms with Crippen molar-refractivity contribution in [3.05, 3.63) is 23.8 Å². The van der Waals surface area contributed by atoms with Gasteiger partial charge in [-0.3, -0.25) is 4.72 Å². The molecule has 90 valence electrons. The van der Waals surface area contributed by atoms with Crippen molar-refractivity contribution in [2.45, 2.75) is 32.4 Å². The molecule has 0 fully saturated rings. The third kappa shape index (κ3) is 2.66. The monoisotopic (exact) mass is 243 g/mol. The SMILES string of the molecule is Cc1ccc(NS(=O)(=O)C(C)(C)C)cc1O. The van der Waals surface area contributed by atoms with Gasteiger partial charge in [-0.2, -0.15) is 0 Å². The van der Waals surface area contributed by atoms with E-state index in [1.807, 2.05) is 0 Å². The Morgan fingerprint density at radius 3 is 2.25 bits per heavy atom. The number of sulfonamides is 1. The van der Waals surface area contributed by atoms with Gasteiger partial charge in [0.15, 0.2) is 0 Å². The molecule has 16 heavy (non-hydrogen) atoms. The molecule has 0 aliphatic carbocycles. The molecular weight excluding hydrogens is 226 g/mol. The molecule has 0 bridgehead atoms. The minimum absolute atomic E-state index is 0.0779. The van der Waals surface area contributed by atoms with Crippen LogP contribution in [-0.2, 0) is 10.0 Å². The summed E-state index contributed by atoms with van der Waals surface area (Å²) in [6, 6.07) is 4.69. The fraction of sp³-hybridized carbons (Fsp3) is 0.455. The summed E-state index contributed by atoms with van der Waals surface area (Å²) in [6.07, 6.45) is 0. The molecular formula is C11H17NO3S. The Morgan fingerprint density at radius 1 is 1.25 bits per heavy atom. The Labute approximate surface area is 96.4 Å². The van der Waals surface area contributed by atoms with Crippen molar-refractivity contribution in [2.75, 3.05) is 4.72 Å². The summed E-state index contributed by atoms with van der Waals surface area (Å²) in [6.45, 7) is 6.59. The van der Waals surface area contributed by atoms with Crippen LogP contribution in [0.2, 0.25) is 0 Å². The Morgan fingerprint density at radius 2 is 1.81 bits per heavy atom. The number of benzene rings is 1. The van der Waals surface area contributed by atoms with Crippen molar-refractivity contribution in [1.29, 1.82) is 0 Å². The van der Waals surface area contributed by atoms with E-state index in [2.05, 4.69) is 4.72 Å². The highest BCUT2D eigenvalue weighted by atomic mass is 32.2. The summed E-state index contributed by atoms with van der Waals surface area (Å²) in [5, 5.41) is 9.46. The number of phenols is 1. The number of aryl methyl sites for hydroxylation is 1. The van der Waals surface area contributed by atoms with Crippen molar-refractivity contribution in [3.8, 4) is 5.75 Å². The summed E-state index contributed by atoms with van der Waals surface area (Å²) < 4.78 is 25.2. The van der Waals surface area contributed by atoms with Crippen molar-refractivity contribution in [1.82, 2.24) is 0 Å². The first-order chi connectivity index (χ1) is 7.13. The molecule has 0 aliphatic heterocycles. The van der Waals surface area contributed by atoms with Crippen LogP contribution in [0.1, 0.15) is 26.3 Å². The van der Waals surface area contributed by atoms with Crippen LogP contribution >= 0.6 is 0 Å². The number of hydrogen-bond donors (Lipinski definition) is 2. The molecule has 0 spiro atoms. The van der Waals surface area contributed by atoms with Gasteiger partial charge in [0.2, 0.25) is 10.0 Å². The molecule has 0 amide bonds. The van der Waals surface area contributed by atoms with E-state index in [4.69, 9.17) is 0 Å². The first-order valence-electron chi connectivity index (χ1n) is 4.95. The van der Waals surface area contributed by atoms with Crippen LogP contribution in [0, 0.1) is 6.92 Å². The smallest absolute Gasteiger partial charge is 0.237 e. The zero-order valence-corrected chi connectivity index (χ0v) is 10.7. The molecule has 2 N–H and O–H groups in total. The number of anilines is 1. The molecule has 0 atom stereocenters. The Balaban J connectivity index is 3.03. The van der Waals surface area contributed by atoms with Crippen molar-refractivity contribution < 1.29 is 13.5 Å². The van der Waals surface area contributed by atoms with Gasteiger partial charge in [0.1, 0.15) is 5.75 Å². The van der Waals surface area contributed by atoms with E-state index < -0.39 is 14.8 Å². The van der Waals surface area contributed by atoms with Gasteiger partial charge in [0.25, 0.3) is 0 Å². The quantitative estimate of drug-likeness (QED) is 0.837. The molecule has 0 unspecified atom stereocenters. The molecule has 0 radical (unpaired) electrons. The predicted octanol–water partition coefficient (Wildman–Crippen LogP) is 2.24. The van der Waals surface area contributed by atoms with Gasteiger partial charge in [-0.15, -0.1) is 0 Å². The summed E-state index contributed by atoms with van der Waals surface area (Å²) in [4.78, 5) is 0. The van der Waals surface area contributed by atoms with Crippen LogP contribution in [-0.4, -0.2) is 18.3 Å². The van der Waals surface area contributed by atoms with Crippen molar-refractivity contribution in [3.63, 3.8) is 0 Å². The first kappa shape index (κ1) is 12.8. The van der Waals surface area contributed by atoms with Crippen molar-refractivity contribution >= 4 is 15.7 Å². The number of hydrogen-bond acceptors (Lipinski definition) is 3. The first-order valence-corrected chi connectivity index (χ1v) is 6.44. The van der Waals surface area contributed by atoms with Gasteiger partial charge in [-0.25, -0.2) is 8.42 Å². The largest absolute Gasteiger partial charge is 0.508 e. The van der Waals surface area contributed by atoms with Crippen LogP contribution in [0.5, 0.6) is 5.75 Å². The minimum Gasteiger partial charge on any atom is -0.508 e. The van der Waals surface area contributed by atoms with Crippen LogP contribution in [0.3, 0.4) is 0 Å². The lowest BCUT2D eigenvalue weighted by Crippen LogP contribution is -2.33. The maximum absolute atomic E-state index is 11.8. The average molecular weight is 243 g/mol. The Kier molecular flexibility index (Phi) is 3.19. The molecule has 0 saturated heterocycles. The summed E-state index contributed by atoms with van der Waals surface area (Å²) in [5.74, 6) is 0.0779. The average Bonchev–Trinajstić information content (AvgIpc) is 2.09. The van der Waals surface area contributed by atoms with Gasteiger partial charge in [-0.05, 0) is 39.3 Å². The molecule has 1 aromatic carbocycles. The highest BCUT2D eigenvalue weighted by Crippen LogP contribution is 2.24. The summed E-state index contributed by atoms with van der Waals surface area (Å²) >= 11 is 0. The Bertz CT molecular complexity index is 486. The molecule has 1 aromatic rings. The van der Waals surface area contributed by atoms with Gasteiger partial charge >= 0.3 is 0 Å². The second-order valence-electron chi connectivity index (χ2n) is 4.72. The fourth-order valence-corrected chi connectivity index (χ4v) is 1.72. The minimum atomic E-state index is -3.44. The van der Waals surface area contributed by atoms with E-state index in [1.54, 1.807) is 39.8 Å². The predicted molar refractivity (Wildman–Crippen MR) is 65.1 cm³/mol. The second-order valence-corrected chi connectivity index (χ2v) is 7.15.